The van der Waals surface area contributed by atoms with Crippen LogP contribution in [0.25, 0.3) is 0 Å². The third kappa shape index (κ3) is 11.7. The highest BCUT2D eigenvalue weighted by Crippen LogP contribution is 2.65. The molecule has 4 aliphatic rings. The van der Waals surface area contributed by atoms with Crippen LogP contribution in [0.2, 0.25) is 0 Å². The molecule has 1 aromatic rings. The molecule has 0 aromatic heterocycles. The molecule has 2 aliphatic heterocycles. The van der Waals surface area contributed by atoms with E-state index in [9.17, 15) is 24.3 Å². The first-order chi connectivity index (χ1) is 28.4. The fourth-order valence-corrected chi connectivity index (χ4v) is 9.96. The Morgan fingerprint density at radius 3 is 1.98 bits per heavy atom. The van der Waals surface area contributed by atoms with E-state index in [-0.39, 0.29) is 42.6 Å². The van der Waals surface area contributed by atoms with Gasteiger partial charge < -0.3 is 33.7 Å². The van der Waals surface area contributed by atoms with E-state index in [1.807, 2.05) is 13.1 Å². The molecule has 11 heteroatoms. The highest BCUT2D eigenvalue weighted by atomic mass is 16.7. The summed E-state index contributed by atoms with van der Waals surface area (Å²) < 4.78 is 29.6. The lowest BCUT2D eigenvalue weighted by Crippen LogP contribution is -2.74. The molecule has 5 rings (SSSR count). The van der Waals surface area contributed by atoms with Crippen molar-refractivity contribution in [3.63, 3.8) is 0 Å². The molecule has 60 heavy (non-hydrogen) atoms. The number of esters is 2. The van der Waals surface area contributed by atoms with Crippen molar-refractivity contribution in [1.82, 2.24) is 4.90 Å². The number of hydrogen-bond acceptors (Lipinski definition) is 11. The average molecular weight is 838 g/mol. The number of aliphatic hydroxyl groups is 1. The predicted molar refractivity (Wildman–Crippen MR) is 231 cm³/mol. The standard InChI is InChI=1S/C49H75NO10/c1-9-10-11-12-13-14-15-16-17-18-19-20-21-22-23-24-36(51)31-35(33-40(52)59-46(2,3)4)44(53)56-38-27-28-49(55)39-32-34-25-26-37(57-45(54)60-47(5,6)7)42-41(34)48(49,43(38)58-42)29-30-50(39)8/h25-27,35,39,43,55H,9-24,28-33H2,1-8H3/t35?,39-,43+,48+,49-/m1/s1. The summed E-state index contributed by atoms with van der Waals surface area (Å²) in [6, 6.07) is 3.35. The first-order valence-electron chi connectivity index (χ1n) is 23.2. The molecule has 0 amide bonds. The second kappa shape index (κ2) is 20.6. The average Bonchev–Trinajstić information content (AvgIpc) is 3.51. The Balaban J connectivity index is 1.21. The fourth-order valence-electron chi connectivity index (χ4n) is 9.96. The largest absolute Gasteiger partial charge is 0.514 e. The molecule has 5 atom stereocenters. The van der Waals surface area contributed by atoms with Gasteiger partial charge in [0.2, 0.25) is 0 Å². The van der Waals surface area contributed by atoms with Crippen LogP contribution in [0.4, 0.5) is 4.79 Å². The van der Waals surface area contributed by atoms with E-state index in [1.165, 1.54) is 70.6 Å². The van der Waals surface area contributed by atoms with Crippen LogP contribution in [0.3, 0.4) is 0 Å². The number of benzene rings is 1. The van der Waals surface area contributed by atoms with Gasteiger partial charge in [0, 0.05) is 30.9 Å². The number of rotatable bonds is 23. The van der Waals surface area contributed by atoms with Gasteiger partial charge in [-0.1, -0.05) is 103 Å². The normalized spacial score (nSPS) is 23.5. The van der Waals surface area contributed by atoms with Gasteiger partial charge in [-0.05, 0) is 92.1 Å². The van der Waals surface area contributed by atoms with Crippen LogP contribution in [0, 0.1) is 5.92 Å². The fraction of sp³-hybridized carbons (Fsp3) is 0.755. The van der Waals surface area contributed by atoms with E-state index in [2.05, 4.69) is 11.8 Å². The molecule has 1 N–H and O–H groups in total. The van der Waals surface area contributed by atoms with Gasteiger partial charge in [0.1, 0.15) is 22.7 Å². The van der Waals surface area contributed by atoms with Gasteiger partial charge in [-0.3, -0.25) is 14.4 Å². The molecule has 0 saturated carbocycles. The van der Waals surface area contributed by atoms with E-state index < -0.39 is 52.3 Å². The first kappa shape index (κ1) is 47.6. The van der Waals surface area contributed by atoms with Crippen molar-refractivity contribution < 1.29 is 48.0 Å². The molecule has 1 saturated heterocycles. The number of likely N-dealkylation sites (N-methyl/N-ethyl adjacent to an activating group) is 1. The van der Waals surface area contributed by atoms with Crippen LogP contribution >= 0.6 is 0 Å². The maximum absolute atomic E-state index is 14.2. The minimum atomic E-state index is -1.28. The molecule has 0 radical (unpaired) electrons. The zero-order valence-electron chi connectivity index (χ0n) is 38.1. The first-order valence-corrected chi connectivity index (χ1v) is 23.2. The van der Waals surface area contributed by atoms with Crippen molar-refractivity contribution in [2.45, 2.75) is 218 Å². The van der Waals surface area contributed by atoms with Gasteiger partial charge >= 0.3 is 18.1 Å². The summed E-state index contributed by atoms with van der Waals surface area (Å²) >= 11 is 0. The summed E-state index contributed by atoms with van der Waals surface area (Å²) in [5, 5.41) is 12.7. The van der Waals surface area contributed by atoms with Crippen LogP contribution in [0.1, 0.15) is 188 Å². The van der Waals surface area contributed by atoms with E-state index >= 15 is 0 Å². The summed E-state index contributed by atoms with van der Waals surface area (Å²) in [6.45, 7) is 13.4. The predicted octanol–water partition coefficient (Wildman–Crippen LogP) is 10.4. The Hall–Kier alpha value is -3.44. The van der Waals surface area contributed by atoms with Gasteiger partial charge in [0.05, 0.1) is 23.4 Å². The smallest absolute Gasteiger partial charge is 0.477 e. The van der Waals surface area contributed by atoms with Gasteiger partial charge in [-0.15, -0.1) is 0 Å². The molecule has 2 bridgehead atoms. The summed E-state index contributed by atoms with van der Waals surface area (Å²) in [5.74, 6) is -1.78. The number of ether oxygens (including phenoxy) is 5. The Kier molecular flexibility index (Phi) is 16.4. The lowest BCUT2D eigenvalue weighted by Gasteiger charge is -2.61. The van der Waals surface area contributed by atoms with Gasteiger partial charge in [0.15, 0.2) is 17.6 Å². The number of carbonyl (C=O) groups excluding carboxylic acids is 4. The number of unbranched alkanes of at least 4 members (excludes halogenated alkanes) is 14. The third-order valence-electron chi connectivity index (χ3n) is 12.8. The zero-order valence-corrected chi connectivity index (χ0v) is 38.1. The maximum atomic E-state index is 14.2. The topological polar surface area (TPSA) is 138 Å². The number of nitrogens with zero attached hydrogens (tertiary/aromatic N) is 1. The molecule has 336 valence electrons. The highest BCUT2D eigenvalue weighted by molar-refractivity contribution is 5.87. The summed E-state index contributed by atoms with van der Waals surface area (Å²) in [5.41, 5.74) is -2.12. The van der Waals surface area contributed by atoms with Crippen molar-refractivity contribution in [2.75, 3.05) is 13.6 Å². The zero-order chi connectivity index (χ0) is 43.7. The number of carbonyl (C=O) groups is 4. The summed E-state index contributed by atoms with van der Waals surface area (Å²) in [6.07, 6.45) is 19.5. The summed E-state index contributed by atoms with van der Waals surface area (Å²) in [7, 11) is 2.00. The molecular formula is C49H75NO10. The quantitative estimate of drug-likeness (QED) is 0.0488. The molecular weight excluding hydrogens is 763 g/mol. The lowest BCUT2D eigenvalue weighted by molar-refractivity contribution is -0.172. The van der Waals surface area contributed by atoms with Crippen molar-refractivity contribution in [1.29, 1.82) is 0 Å². The van der Waals surface area contributed by atoms with Gasteiger partial charge in [-0.25, -0.2) is 4.79 Å². The molecule has 1 fully saturated rings. The highest BCUT2D eigenvalue weighted by Gasteiger charge is 2.72. The molecule has 1 unspecified atom stereocenters. The summed E-state index contributed by atoms with van der Waals surface area (Å²) in [4.78, 5) is 55.8. The minimum Gasteiger partial charge on any atom is -0.477 e. The van der Waals surface area contributed by atoms with E-state index in [0.29, 0.717) is 31.6 Å². The second-order valence-electron chi connectivity index (χ2n) is 20.0. The monoisotopic (exact) mass is 838 g/mol. The van der Waals surface area contributed by atoms with Crippen molar-refractivity contribution >= 4 is 23.9 Å². The SMILES string of the molecule is CCCCCCCCCCCCCCCCCC(=O)CC(CC(=O)OC(C)(C)C)C(=O)OC1=CC[C@@]2(O)[C@H]3Cc4ccc(OC(=O)OC(C)(C)C)c5c4[C@@]2(CCN3C)[C@H]1O5. The van der Waals surface area contributed by atoms with E-state index in [4.69, 9.17) is 23.7 Å². The van der Waals surface area contributed by atoms with Crippen LogP contribution < -0.4 is 9.47 Å². The van der Waals surface area contributed by atoms with Gasteiger partial charge in [0.25, 0.3) is 0 Å². The van der Waals surface area contributed by atoms with Crippen LogP contribution in [0.5, 0.6) is 11.5 Å². The molecule has 1 aromatic carbocycles. The number of likely N-dealkylation sites (tertiary alicyclic amines) is 1. The number of hydrogen-bond donors (Lipinski definition) is 1. The molecule has 11 nitrogen and oxygen atoms in total. The van der Waals surface area contributed by atoms with Crippen molar-refractivity contribution in [2.24, 2.45) is 5.92 Å². The van der Waals surface area contributed by atoms with Gasteiger partial charge in [-0.2, -0.15) is 0 Å². The number of ketones is 1. The Morgan fingerprint density at radius 2 is 1.40 bits per heavy atom. The minimum absolute atomic E-state index is 0.0932. The number of Topliss-reactive ketones (excluding diaryl/α,β-unsaturated/α-hetero) is 1. The number of piperidine rings is 1. The van der Waals surface area contributed by atoms with Crippen molar-refractivity contribution in [3.05, 3.63) is 35.1 Å². The third-order valence-corrected chi connectivity index (χ3v) is 12.8. The molecule has 1 spiro atoms. The van der Waals surface area contributed by atoms with Crippen LogP contribution in [-0.2, 0) is 40.4 Å². The Morgan fingerprint density at radius 1 is 0.817 bits per heavy atom. The lowest BCUT2D eigenvalue weighted by atomic mass is 9.50. The second-order valence-corrected chi connectivity index (χ2v) is 20.0. The van der Waals surface area contributed by atoms with Crippen molar-refractivity contribution in [3.8, 4) is 11.5 Å². The Bertz CT molecular complexity index is 1690. The van der Waals surface area contributed by atoms with E-state index in [1.54, 1.807) is 53.7 Å². The van der Waals surface area contributed by atoms with Crippen LogP contribution in [-0.4, -0.2) is 76.4 Å². The maximum Gasteiger partial charge on any atom is 0.514 e. The van der Waals surface area contributed by atoms with Crippen LogP contribution in [0.15, 0.2) is 24.0 Å². The molecule has 2 heterocycles. The van der Waals surface area contributed by atoms with E-state index in [0.717, 1.165) is 36.8 Å². The molecule has 2 aliphatic carbocycles. The Labute approximate surface area is 359 Å².